The fourth-order valence-electron chi connectivity index (χ4n) is 0.888. The Kier molecular flexibility index (Phi) is 2.90. The zero-order valence-electron chi connectivity index (χ0n) is 7.70. The Balaban J connectivity index is 2.72. The van der Waals surface area contributed by atoms with Crippen molar-refractivity contribution in [2.45, 2.75) is 20.0 Å². The SMILES string of the molecule is CC(C)OC(=O)c1ccc([NH])cc1. The molecule has 1 aromatic rings. The third kappa shape index (κ3) is 2.78. The molecule has 0 atom stereocenters. The summed E-state index contributed by atoms with van der Waals surface area (Å²) in [5, 5.41) is 0. The van der Waals surface area contributed by atoms with Crippen molar-refractivity contribution in [3.05, 3.63) is 29.8 Å². The number of carbonyl (C=O) groups is 1. The van der Waals surface area contributed by atoms with Gasteiger partial charge in [0.1, 0.15) is 0 Å². The van der Waals surface area contributed by atoms with Gasteiger partial charge in [-0.15, -0.1) is 0 Å². The van der Waals surface area contributed by atoms with Gasteiger partial charge in [0.2, 0.25) is 0 Å². The number of hydrogen-bond donors (Lipinski definition) is 0. The van der Waals surface area contributed by atoms with Crippen LogP contribution in [0.15, 0.2) is 24.3 Å². The number of nitrogens with one attached hydrogen (secondary N) is 1. The molecule has 0 saturated carbocycles. The molecule has 0 unspecified atom stereocenters. The molecule has 13 heavy (non-hydrogen) atoms. The van der Waals surface area contributed by atoms with Crippen molar-refractivity contribution in [1.29, 1.82) is 0 Å². The molecule has 0 aliphatic carbocycles. The minimum atomic E-state index is -0.338. The average molecular weight is 178 g/mol. The molecule has 0 saturated heterocycles. The van der Waals surface area contributed by atoms with Gasteiger partial charge in [-0.05, 0) is 38.1 Å². The minimum absolute atomic E-state index is 0.108. The van der Waals surface area contributed by atoms with E-state index < -0.39 is 0 Å². The van der Waals surface area contributed by atoms with Crippen molar-refractivity contribution in [3.8, 4) is 0 Å². The predicted octanol–water partition coefficient (Wildman–Crippen LogP) is 2.17. The predicted molar refractivity (Wildman–Crippen MR) is 49.8 cm³/mol. The second kappa shape index (κ2) is 3.94. The summed E-state index contributed by atoms with van der Waals surface area (Å²) in [5.74, 6) is -0.338. The molecule has 69 valence electrons. The molecule has 1 N–H and O–H groups in total. The summed E-state index contributed by atoms with van der Waals surface area (Å²) in [4.78, 5) is 11.3. The number of benzene rings is 1. The maximum atomic E-state index is 11.3. The summed E-state index contributed by atoms with van der Waals surface area (Å²) < 4.78 is 4.98. The van der Waals surface area contributed by atoms with Crippen molar-refractivity contribution in [2.24, 2.45) is 0 Å². The Morgan fingerprint density at radius 1 is 1.31 bits per heavy atom. The molecule has 0 aromatic heterocycles. The van der Waals surface area contributed by atoms with Crippen LogP contribution in [0, 0.1) is 0 Å². The Morgan fingerprint density at radius 3 is 2.31 bits per heavy atom. The molecular formula is C10H12NO2. The van der Waals surface area contributed by atoms with Gasteiger partial charge in [0.25, 0.3) is 0 Å². The Labute approximate surface area is 77.5 Å². The van der Waals surface area contributed by atoms with E-state index in [2.05, 4.69) is 0 Å². The van der Waals surface area contributed by atoms with Crippen LogP contribution in [0.25, 0.3) is 0 Å². The van der Waals surface area contributed by atoms with Gasteiger partial charge in [0.15, 0.2) is 0 Å². The van der Waals surface area contributed by atoms with Gasteiger partial charge < -0.3 is 10.5 Å². The van der Waals surface area contributed by atoms with E-state index in [4.69, 9.17) is 10.5 Å². The molecule has 1 aromatic carbocycles. The number of esters is 1. The average Bonchev–Trinajstić information content (AvgIpc) is 2.04. The minimum Gasteiger partial charge on any atom is -0.459 e. The second-order valence-electron chi connectivity index (χ2n) is 3.03. The molecular weight excluding hydrogens is 166 g/mol. The van der Waals surface area contributed by atoms with Crippen molar-refractivity contribution in [3.63, 3.8) is 0 Å². The van der Waals surface area contributed by atoms with Crippen LogP contribution in [0.3, 0.4) is 0 Å². The van der Waals surface area contributed by atoms with Crippen molar-refractivity contribution in [1.82, 2.24) is 5.73 Å². The van der Waals surface area contributed by atoms with Crippen LogP contribution in [-0.4, -0.2) is 12.1 Å². The summed E-state index contributed by atoms with van der Waals surface area (Å²) >= 11 is 0. The molecule has 0 aliphatic heterocycles. The highest BCUT2D eigenvalue weighted by Crippen LogP contribution is 2.08. The zero-order chi connectivity index (χ0) is 9.84. The van der Waals surface area contributed by atoms with Crippen molar-refractivity contribution >= 4 is 11.7 Å². The number of rotatable bonds is 2. The Bertz CT molecular complexity index is 290. The van der Waals surface area contributed by atoms with E-state index in [1.54, 1.807) is 38.1 Å². The van der Waals surface area contributed by atoms with Gasteiger partial charge in [-0.2, -0.15) is 0 Å². The molecule has 0 aliphatic rings. The fraction of sp³-hybridized carbons (Fsp3) is 0.300. The highest BCUT2D eigenvalue weighted by atomic mass is 16.5. The molecule has 0 bridgehead atoms. The largest absolute Gasteiger partial charge is 0.459 e. The quantitative estimate of drug-likeness (QED) is 0.651. The maximum absolute atomic E-state index is 11.3. The van der Waals surface area contributed by atoms with Gasteiger partial charge in [-0.25, -0.2) is 4.79 Å². The summed E-state index contributed by atoms with van der Waals surface area (Å²) in [7, 11) is 0. The molecule has 1 radical (unpaired) electrons. The van der Waals surface area contributed by atoms with Gasteiger partial charge in [0.05, 0.1) is 17.4 Å². The summed E-state index contributed by atoms with van der Waals surface area (Å²) in [5.41, 5.74) is 8.10. The fourth-order valence-corrected chi connectivity index (χ4v) is 0.888. The first-order valence-corrected chi connectivity index (χ1v) is 4.12. The number of ether oxygens (including phenoxy) is 1. The lowest BCUT2D eigenvalue weighted by Crippen LogP contribution is -2.11. The van der Waals surface area contributed by atoms with Crippen molar-refractivity contribution < 1.29 is 9.53 Å². The van der Waals surface area contributed by atoms with E-state index in [9.17, 15) is 4.79 Å². The topological polar surface area (TPSA) is 50.1 Å². The molecule has 3 heteroatoms. The molecule has 0 spiro atoms. The summed E-state index contributed by atoms with van der Waals surface area (Å²) in [6, 6.07) is 6.31. The molecule has 3 nitrogen and oxygen atoms in total. The number of carbonyl (C=O) groups excluding carboxylic acids is 1. The molecule has 0 heterocycles. The van der Waals surface area contributed by atoms with E-state index in [1.165, 1.54) is 0 Å². The van der Waals surface area contributed by atoms with Crippen LogP contribution in [0.2, 0.25) is 0 Å². The van der Waals surface area contributed by atoms with E-state index in [0.717, 1.165) is 0 Å². The van der Waals surface area contributed by atoms with Crippen LogP contribution in [0.5, 0.6) is 0 Å². The monoisotopic (exact) mass is 178 g/mol. The third-order valence-corrected chi connectivity index (χ3v) is 1.46. The summed E-state index contributed by atoms with van der Waals surface area (Å²) in [6.07, 6.45) is -0.108. The van der Waals surface area contributed by atoms with Gasteiger partial charge in [0, 0.05) is 0 Å². The molecule has 0 fully saturated rings. The lowest BCUT2D eigenvalue weighted by molar-refractivity contribution is 0.0378. The van der Waals surface area contributed by atoms with Crippen LogP contribution < -0.4 is 5.73 Å². The Morgan fingerprint density at radius 2 is 1.85 bits per heavy atom. The van der Waals surface area contributed by atoms with E-state index in [1.807, 2.05) is 0 Å². The zero-order valence-corrected chi connectivity index (χ0v) is 7.70. The second-order valence-corrected chi connectivity index (χ2v) is 3.03. The van der Waals surface area contributed by atoms with Crippen LogP contribution >= 0.6 is 0 Å². The maximum Gasteiger partial charge on any atom is 0.338 e. The van der Waals surface area contributed by atoms with Gasteiger partial charge >= 0.3 is 5.97 Å². The highest BCUT2D eigenvalue weighted by molar-refractivity contribution is 5.89. The summed E-state index contributed by atoms with van der Waals surface area (Å²) in [6.45, 7) is 3.60. The van der Waals surface area contributed by atoms with E-state index >= 15 is 0 Å². The normalized spacial score (nSPS) is 10.1. The lowest BCUT2D eigenvalue weighted by Gasteiger charge is -2.07. The van der Waals surface area contributed by atoms with Crippen LogP contribution in [0.4, 0.5) is 5.69 Å². The Hall–Kier alpha value is -1.51. The van der Waals surface area contributed by atoms with Crippen molar-refractivity contribution in [2.75, 3.05) is 0 Å². The van der Waals surface area contributed by atoms with Gasteiger partial charge in [-0.1, -0.05) is 0 Å². The standard InChI is InChI=1S/C10H12NO2/c1-7(2)13-10(12)8-3-5-9(11)6-4-8/h3-7,11H,1-2H3. The molecule has 1 rings (SSSR count). The highest BCUT2D eigenvalue weighted by Gasteiger charge is 2.07. The van der Waals surface area contributed by atoms with Crippen LogP contribution in [0.1, 0.15) is 24.2 Å². The smallest absolute Gasteiger partial charge is 0.338 e. The van der Waals surface area contributed by atoms with Gasteiger partial charge in [-0.3, -0.25) is 0 Å². The first-order valence-electron chi connectivity index (χ1n) is 4.12. The first-order chi connectivity index (χ1) is 6.09. The third-order valence-electron chi connectivity index (χ3n) is 1.46. The lowest BCUT2D eigenvalue weighted by atomic mass is 10.2. The van der Waals surface area contributed by atoms with Crippen LogP contribution in [-0.2, 0) is 4.74 Å². The molecule has 0 amide bonds. The van der Waals surface area contributed by atoms with E-state index in [-0.39, 0.29) is 12.1 Å². The number of hydrogen-bond acceptors (Lipinski definition) is 2. The van der Waals surface area contributed by atoms with E-state index in [0.29, 0.717) is 11.3 Å². The first kappa shape index (κ1) is 9.58.